The molecule has 2 amide bonds. The molecule has 5 heteroatoms. The first-order chi connectivity index (χ1) is 11.7. The molecule has 2 aliphatic rings. The largest absolute Gasteiger partial charge is 0.377 e. The minimum absolute atomic E-state index is 0.0146. The summed E-state index contributed by atoms with van der Waals surface area (Å²) in [6, 6.07) is 8.96. The molecule has 0 bridgehead atoms. The third kappa shape index (κ3) is 4.03. The maximum absolute atomic E-state index is 12.3. The van der Waals surface area contributed by atoms with Gasteiger partial charge >= 0.3 is 0 Å². The number of likely N-dealkylation sites (tertiary alicyclic amines) is 1. The van der Waals surface area contributed by atoms with Crippen LogP contribution in [0.25, 0.3) is 0 Å². The number of rotatable bonds is 3. The minimum Gasteiger partial charge on any atom is -0.377 e. The second-order valence-electron chi connectivity index (χ2n) is 6.62. The van der Waals surface area contributed by atoms with Gasteiger partial charge in [-0.05, 0) is 31.4 Å². The lowest BCUT2D eigenvalue weighted by Gasteiger charge is -2.40. The number of carbonyl (C=O) groups excluding carboxylic acids is 2. The number of amides is 2. The molecule has 0 saturated carbocycles. The first-order valence-electron chi connectivity index (χ1n) is 8.52. The van der Waals surface area contributed by atoms with Crippen molar-refractivity contribution < 1.29 is 14.3 Å². The maximum atomic E-state index is 12.3. The van der Waals surface area contributed by atoms with Crippen LogP contribution in [0.15, 0.2) is 42.5 Å². The zero-order valence-electron chi connectivity index (χ0n) is 13.9. The number of allylic oxidation sites excluding steroid dienone is 1. The predicted octanol–water partition coefficient (Wildman–Crippen LogP) is 2.00. The number of hydrogen-bond acceptors (Lipinski definition) is 3. The highest BCUT2D eigenvalue weighted by molar-refractivity contribution is 5.96. The van der Waals surface area contributed by atoms with Gasteiger partial charge in [-0.25, -0.2) is 0 Å². The molecule has 0 radical (unpaired) electrons. The summed E-state index contributed by atoms with van der Waals surface area (Å²) < 4.78 is 5.66. The van der Waals surface area contributed by atoms with Crippen molar-refractivity contribution in [1.82, 2.24) is 10.2 Å². The summed E-state index contributed by atoms with van der Waals surface area (Å²) in [4.78, 5) is 26.2. The van der Waals surface area contributed by atoms with Crippen molar-refractivity contribution >= 4 is 11.8 Å². The van der Waals surface area contributed by atoms with E-state index in [0.717, 1.165) is 39.0 Å². The summed E-state index contributed by atoms with van der Waals surface area (Å²) in [7, 11) is 0. The van der Waals surface area contributed by atoms with Gasteiger partial charge < -0.3 is 15.0 Å². The number of nitrogens with one attached hydrogen (secondary N) is 1. The number of carbonyl (C=O) groups is 2. The Balaban J connectivity index is 1.47. The van der Waals surface area contributed by atoms with E-state index in [0.29, 0.717) is 12.2 Å². The molecule has 1 aromatic carbocycles. The van der Waals surface area contributed by atoms with Crippen LogP contribution < -0.4 is 5.32 Å². The van der Waals surface area contributed by atoms with E-state index in [1.165, 1.54) is 0 Å². The average Bonchev–Trinajstić information content (AvgIpc) is 2.86. The van der Waals surface area contributed by atoms with Gasteiger partial charge in [-0.2, -0.15) is 0 Å². The first kappa shape index (κ1) is 16.7. The van der Waals surface area contributed by atoms with E-state index in [1.807, 2.05) is 23.1 Å². The Morgan fingerprint density at radius 2 is 1.88 bits per heavy atom. The number of hydrogen-bond donors (Lipinski definition) is 1. The van der Waals surface area contributed by atoms with Gasteiger partial charge in [-0.3, -0.25) is 9.59 Å². The summed E-state index contributed by atoms with van der Waals surface area (Å²) >= 11 is 0. The molecule has 3 rings (SSSR count). The SMILES string of the molecule is O=C(NCC(=O)N1CCC2(CC=CCOC2)CC1)c1ccccc1. The van der Waals surface area contributed by atoms with Gasteiger partial charge in [0.1, 0.15) is 0 Å². The minimum atomic E-state index is -0.209. The van der Waals surface area contributed by atoms with E-state index in [4.69, 9.17) is 4.74 Å². The van der Waals surface area contributed by atoms with Gasteiger partial charge in [-0.15, -0.1) is 0 Å². The Morgan fingerprint density at radius 1 is 1.12 bits per heavy atom. The highest BCUT2D eigenvalue weighted by atomic mass is 16.5. The molecule has 2 aliphatic heterocycles. The molecule has 24 heavy (non-hydrogen) atoms. The van der Waals surface area contributed by atoms with E-state index < -0.39 is 0 Å². The summed E-state index contributed by atoms with van der Waals surface area (Å²) in [6.07, 6.45) is 7.21. The maximum Gasteiger partial charge on any atom is 0.251 e. The average molecular weight is 328 g/mol. The van der Waals surface area contributed by atoms with Gasteiger partial charge in [0, 0.05) is 24.1 Å². The fourth-order valence-corrected chi connectivity index (χ4v) is 3.34. The molecule has 5 nitrogen and oxygen atoms in total. The van der Waals surface area contributed by atoms with Crippen LogP contribution in [0.5, 0.6) is 0 Å². The van der Waals surface area contributed by atoms with Crippen LogP contribution in [0.3, 0.4) is 0 Å². The molecule has 0 aromatic heterocycles. The second-order valence-corrected chi connectivity index (χ2v) is 6.62. The van der Waals surface area contributed by atoms with E-state index >= 15 is 0 Å². The van der Waals surface area contributed by atoms with Crippen LogP contribution in [-0.2, 0) is 9.53 Å². The Morgan fingerprint density at radius 3 is 2.62 bits per heavy atom. The molecule has 1 N–H and O–H groups in total. The predicted molar refractivity (Wildman–Crippen MR) is 91.6 cm³/mol. The quantitative estimate of drug-likeness (QED) is 0.864. The van der Waals surface area contributed by atoms with Crippen LogP contribution in [0, 0.1) is 5.41 Å². The molecule has 0 atom stereocenters. The van der Waals surface area contributed by atoms with Crippen molar-refractivity contribution in [2.45, 2.75) is 19.3 Å². The van der Waals surface area contributed by atoms with Gasteiger partial charge in [0.15, 0.2) is 0 Å². The fourth-order valence-electron chi connectivity index (χ4n) is 3.34. The summed E-state index contributed by atoms with van der Waals surface area (Å²) in [5.41, 5.74) is 0.752. The lowest BCUT2D eigenvalue weighted by molar-refractivity contribution is -0.133. The van der Waals surface area contributed by atoms with E-state index in [1.54, 1.807) is 12.1 Å². The third-order valence-electron chi connectivity index (χ3n) is 4.95. The standard InChI is InChI=1S/C19H24N2O3/c22-17(14-20-18(23)16-6-2-1-3-7-16)21-11-9-19(10-12-21)8-4-5-13-24-15-19/h1-7H,8-15H2,(H,20,23). The molecule has 1 aromatic rings. The second kappa shape index (κ2) is 7.62. The van der Waals surface area contributed by atoms with E-state index in [-0.39, 0.29) is 23.8 Å². The number of nitrogens with zero attached hydrogens (tertiary/aromatic N) is 1. The monoisotopic (exact) mass is 328 g/mol. The lowest BCUT2D eigenvalue weighted by atomic mass is 9.76. The van der Waals surface area contributed by atoms with Gasteiger partial charge in [-0.1, -0.05) is 30.4 Å². The first-order valence-corrected chi connectivity index (χ1v) is 8.52. The number of benzene rings is 1. The van der Waals surface area contributed by atoms with Crippen LogP contribution in [0.4, 0.5) is 0 Å². The molecule has 128 valence electrons. The summed E-state index contributed by atoms with van der Waals surface area (Å²) in [6.45, 7) is 2.98. The van der Waals surface area contributed by atoms with Gasteiger partial charge in [0.2, 0.25) is 5.91 Å². The van der Waals surface area contributed by atoms with Crippen molar-refractivity contribution in [3.05, 3.63) is 48.0 Å². The van der Waals surface area contributed by atoms with Crippen molar-refractivity contribution in [2.75, 3.05) is 32.8 Å². The summed E-state index contributed by atoms with van der Waals surface area (Å²) in [5.74, 6) is -0.223. The Labute approximate surface area is 142 Å². The zero-order valence-corrected chi connectivity index (χ0v) is 13.9. The summed E-state index contributed by atoms with van der Waals surface area (Å²) in [5, 5.41) is 2.71. The topological polar surface area (TPSA) is 58.6 Å². The van der Waals surface area contributed by atoms with Crippen LogP contribution in [-0.4, -0.2) is 49.6 Å². The van der Waals surface area contributed by atoms with Crippen molar-refractivity contribution in [2.24, 2.45) is 5.41 Å². The van der Waals surface area contributed by atoms with Gasteiger partial charge in [0.05, 0.1) is 19.8 Å². The lowest BCUT2D eigenvalue weighted by Crippen LogP contribution is -2.47. The Kier molecular flexibility index (Phi) is 5.30. The smallest absolute Gasteiger partial charge is 0.251 e. The number of piperidine rings is 1. The molecule has 2 heterocycles. The van der Waals surface area contributed by atoms with Gasteiger partial charge in [0.25, 0.3) is 5.91 Å². The fraction of sp³-hybridized carbons (Fsp3) is 0.474. The molecule has 1 spiro atoms. The van der Waals surface area contributed by atoms with Crippen molar-refractivity contribution in [3.8, 4) is 0 Å². The normalized spacial score (nSPS) is 19.8. The molecule has 0 unspecified atom stereocenters. The number of ether oxygens (including phenoxy) is 1. The van der Waals surface area contributed by atoms with Crippen molar-refractivity contribution in [1.29, 1.82) is 0 Å². The van der Waals surface area contributed by atoms with E-state index in [2.05, 4.69) is 17.5 Å². The Hall–Kier alpha value is -2.14. The highest BCUT2D eigenvalue weighted by Gasteiger charge is 2.35. The Bertz CT molecular complexity index is 604. The molecular weight excluding hydrogens is 304 g/mol. The van der Waals surface area contributed by atoms with Crippen molar-refractivity contribution in [3.63, 3.8) is 0 Å². The molecule has 1 fully saturated rings. The molecular formula is C19H24N2O3. The zero-order chi connectivity index (χ0) is 16.8. The van der Waals surface area contributed by atoms with E-state index in [9.17, 15) is 9.59 Å². The van der Waals surface area contributed by atoms with Crippen LogP contribution >= 0.6 is 0 Å². The van der Waals surface area contributed by atoms with Crippen LogP contribution in [0.1, 0.15) is 29.6 Å². The highest BCUT2D eigenvalue weighted by Crippen LogP contribution is 2.36. The van der Waals surface area contributed by atoms with Crippen LogP contribution in [0.2, 0.25) is 0 Å². The molecule has 1 saturated heterocycles. The molecule has 0 aliphatic carbocycles. The third-order valence-corrected chi connectivity index (χ3v) is 4.95.